The van der Waals surface area contributed by atoms with E-state index >= 15 is 0 Å². The molecule has 0 amide bonds. The average molecular weight is 272 g/mol. The van der Waals surface area contributed by atoms with Gasteiger partial charge in [0.25, 0.3) is 0 Å². The van der Waals surface area contributed by atoms with Gasteiger partial charge >= 0.3 is 0 Å². The minimum atomic E-state index is -0.0229. The van der Waals surface area contributed by atoms with E-state index in [9.17, 15) is 4.79 Å². The molecule has 0 N–H and O–H groups in total. The fraction of sp³-hybridized carbons (Fsp3) is 0.467. The highest BCUT2D eigenvalue weighted by Crippen LogP contribution is 2.15. The maximum atomic E-state index is 12.1. The van der Waals surface area contributed by atoms with E-state index in [2.05, 4.69) is 28.9 Å². The number of Topliss-reactive ketones (excluding diaryl/α,β-unsaturated/α-hetero) is 1. The van der Waals surface area contributed by atoms with Crippen molar-refractivity contribution in [1.82, 2.24) is 19.7 Å². The Bertz CT molecular complexity index is 587. The summed E-state index contributed by atoms with van der Waals surface area (Å²) in [5.41, 5.74) is 1.24. The molecule has 0 bridgehead atoms. The highest BCUT2D eigenvalue weighted by Gasteiger charge is 2.13. The number of nitrogens with zero attached hydrogens (tertiary/aromatic N) is 4. The van der Waals surface area contributed by atoms with Crippen molar-refractivity contribution < 1.29 is 4.79 Å². The second-order valence-corrected chi connectivity index (χ2v) is 4.85. The van der Waals surface area contributed by atoms with Crippen molar-refractivity contribution in [3.05, 3.63) is 41.7 Å². The number of ketones is 1. The van der Waals surface area contributed by atoms with Crippen LogP contribution in [-0.2, 0) is 6.42 Å². The predicted molar refractivity (Wildman–Crippen MR) is 76.6 cm³/mol. The van der Waals surface area contributed by atoms with Crippen LogP contribution in [0.1, 0.15) is 54.7 Å². The number of aromatic nitrogens is 4. The third-order valence-electron chi connectivity index (χ3n) is 3.38. The summed E-state index contributed by atoms with van der Waals surface area (Å²) in [7, 11) is 0. The summed E-state index contributed by atoms with van der Waals surface area (Å²) in [6.45, 7) is 6.06. The number of hydrogen-bond donors (Lipinski definition) is 0. The van der Waals surface area contributed by atoms with Gasteiger partial charge in [-0.25, -0.2) is 9.97 Å². The zero-order chi connectivity index (χ0) is 14.5. The quantitative estimate of drug-likeness (QED) is 0.759. The normalized spacial score (nSPS) is 11.0. The van der Waals surface area contributed by atoms with Crippen LogP contribution in [-0.4, -0.2) is 25.5 Å². The molecule has 2 rings (SSSR count). The number of hydrogen-bond acceptors (Lipinski definition) is 4. The van der Waals surface area contributed by atoms with E-state index in [-0.39, 0.29) is 12.2 Å². The Morgan fingerprint density at radius 2 is 2.05 bits per heavy atom. The summed E-state index contributed by atoms with van der Waals surface area (Å²) in [5, 5.41) is 4.49. The first-order valence-electron chi connectivity index (χ1n) is 7.00. The van der Waals surface area contributed by atoms with Gasteiger partial charge in [0, 0.05) is 12.4 Å². The molecular weight excluding hydrogens is 252 g/mol. The number of carbonyl (C=O) groups excluding carboxylic acids is 1. The fourth-order valence-corrected chi connectivity index (χ4v) is 2.20. The van der Waals surface area contributed by atoms with Crippen molar-refractivity contribution in [2.24, 2.45) is 0 Å². The van der Waals surface area contributed by atoms with Gasteiger partial charge in [0.15, 0.2) is 5.78 Å². The summed E-state index contributed by atoms with van der Waals surface area (Å²) >= 11 is 0. The van der Waals surface area contributed by atoms with Crippen LogP contribution in [0.5, 0.6) is 0 Å². The molecule has 20 heavy (non-hydrogen) atoms. The summed E-state index contributed by atoms with van der Waals surface area (Å²) in [4.78, 5) is 20.3. The average Bonchev–Trinajstić information content (AvgIpc) is 2.88. The van der Waals surface area contributed by atoms with Gasteiger partial charge in [-0.05, 0) is 31.9 Å². The molecule has 0 fully saturated rings. The van der Waals surface area contributed by atoms with Crippen LogP contribution in [0.3, 0.4) is 0 Å². The predicted octanol–water partition coefficient (Wildman–Crippen LogP) is 2.77. The molecule has 0 aromatic carbocycles. The Morgan fingerprint density at radius 3 is 2.70 bits per heavy atom. The van der Waals surface area contributed by atoms with E-state index in [1.165, 1.54) is 0 Å². The largest absolute Gasteiger partial charge is 0.292 e. The lowest BCUT2D eigenvalue weighted by Gasteiger charge is -2.12. The Balaban J connectivity index is 2.09. The van der Waals surface area contributed by atoms with Crippen molar-refractivity contribution >= 4 is 5.78 Å². The van der Waals surface area contributed by atoms with Gasteiger partial charge in [0.05, 0.1) is 18.2 Å². The van der Waals surface area contributed by atoms with Crippen LogP contribution in [0, 0.1) is 6.92 Å². The molecule has 2 aromatic rings. The molecule has 0 aliphatic heterocycles. The van der Waals surface area contributed by atoms with E-state index in [4.69, 9.17) is 0 Å². The molecule has 0 aliphatic carbocycles. The lowest BCUT2D eigenvalue weighted by Crippen LogP contribution is -2.10. The molecule has 5 heteroatoms. The molecular formula is C15H20N4O. The molecule has 0 saturated heterocycles. The molecule has 0 radical (unpaired) electrons. The first kappa shape index (κ1) is 14.4. The standard InChI is InChI=1S/C15H20N4O/c1-4-13(5-2)19-9-7-12(18-19)10-15(20)14-6-8-16-11(3)17-14/h6-9,13H,4-5,10H2,1-3H3. The third-order valence-corrected chi connectivity index (χ3v) is 3.38. The highest BCUT2D eigenvalue weighted by atomic mass is 16.1. The molecule has 0 saturated carbocycles. The van der Waals surface area contributed by atoms with E-state index in [0.717, 1.165) is 18.5 Å². The molecule has 5 nitrogen and oxygen atoms in total. The van der Waals surface area contributed by atoms with Crippen LogP contribution >= 0.6 is 0 Å². The van der Waals surface area contributed by atoms with Gasteiger partial charge in [-0.3, -0.25) is 9.48 Å². The molecule has 2 heterocycles. The number of aryl methyl sites for hydroxylation is 1. The van der Waals surface area contributed by atoms with Crippen LogP contribution in [0.4, 0.5) is 0 Å². The van der Waals surface area contributed by atoms with Gasteiger partial charge in [0.1, 0.15) is 11.5 Å². The fourth-order valence-electron chi connectivity index (χ4n) is 2.20. The van der Waals surface area contributed by atoms with Crippen LogP contribution in [0.25, 0.3) is 0 Å². The second kappa shape index (κ2) is 6.41. The van der Waals surface area contributed by atoms with Crippen molar-refractivity contribution in [1.29, 1.82) is 0 Å². The Labute approximate surface area is 119 Å². The third kappa shape index (κ3) is 3.29. The summed E-state index contributed by atoms with van der Waals surface area (Å²) in [6, 6.07) is 3.96. The lowest BCUT2D eigenvalue weighted by molar-refractivity contribution is 0.0986. The van der Waals surface area contributed by atoms with Crippen LogP contribution < -0.4 is 0 Å². The molecule has 0 atom stereocenters. The monoisotopic (exact) mass is 272 g/mol. The lowest BCUT2D eigenvalue weighted by atomic mass is 10.1. The van der Waals surface area contributed by atoms with Crippen LogP contribution in [0.15, 0.2) is 24.5 Å². The van der Waals surface area contributed by atoms with Gasteiger partial charge < -0.3 is 0 Å². The smallest absolute Gasteiger partial charge is 0.187 e. The van der Waals surface area contributed by atoms with E-state index < -0.39 is 0 Å². The van der Waals surface area contributed by atoms with Gasteiger partial charge in [-0.1, -0.05) is 13.8 Å². The topological polar surface area (TPSA) is 60.7 Å². The van der Waals surface area contributed by atoms with Gasteiger partial charge in [-0.15, -0.1) is 0 Å². The highest BCUT2D eigenvalue weighted by molar-refractivity contribution is 5.95. The van der Waals surface area contributed by atoms with Crippen molar-refractivity contribution in [2.75, 3.05) is 0 Å². The molecule has 0 aliphatic rings. The number of rotatable bonds is 6. The Morgan fingerprint density at radius 1 is 1.30 bits per heavy atom. The molecule has 0 unspecified atom stereocenters. The van der Waals surface area contributed by atoms with Gasteiger partial charge in [0.2, 0.25) is 0 Å². The summed E-state index contributed by atoms with van der Waals surface area (Å²) in [5.74, 6) is 0.587. The molecule has 106 valence electrons. The van der Waals surface area contributed by atoms with Crippen molar-refractivity contribution in [2.45, 2.75) is 46.1 Å². The second-order valence-electron chi connectivity index (χ2n) is 4.85. The molecule has 2 aromatic heterocycles. The van der Waals surface area contributed by atoms with E-state index in [1.54, 1.807) is 19.2 Å². The summed E-state index contributed by atoms with van der Waals surface area (Å²) < 4.78 is 1.95. The van der Waals surface area contributed by atoms with Gasteiger partial charge in [-0.2, -0.15) is 5.10 Å². The summed E-state index contributed by atoms with van der Waals surface area (Å²) in [6.07, 6.45) is 5.92. The van der Waals surface area contributed by atoms with Crippen molar-refractivity contribution in [3.63, 3.8) is 0 Å². The maximum Gasteiger partial charge on any atom is 0.187 e. The zero-order valence-electron chi connectivity index (χ0n) is 12.2. The van der Waals surface area contributed by atoms with Crippen LogP contribution in [0.2, 0.25) is 0 Å². The molecule has 0 spiro atoms. The maximum absolute atomic E-state index is 12.1. The van der Waals surface area contributed by atoms with Crippen molar-refractivity contribution in [3.8, 4) is 0 Å². The van der Waals surface area contributed by atoms with E-state index in [0.29, 0.717) is 17.6 Å². The zero-order valence-corrected chi connectivity index (χ0v) is 12.2. The minimum Gasteiger partial charge on any atom is -0.292 e. The first-order valence-corrected chi connectivity index (χ1v) is 7.00. The number of carbonyl (C=O) groups is 1. The Kier molecular flexibility index (Phi) is 4.61. The Hall–Kier alpha value is -2.04. The SMILES string of the molecule is CCC(CC)n1ccc(CC(=O)c2ccnc(C)n2)n1. The minimum absolute atomic E-state index is 0.0229. The van der Waals surface area contributed by atoms with E-state index in [1.807, 2.05) is 16.9 Å². The first-order chi connectivity index (χ1) is 9.63.